The van der Waals surface area contributed by atoms with Crippen molar-refractivity contribution in [1.82, 2.24) is 0 Å². The second-order valence-electron chi connectivity index (χ2n) is 6.86. The first kappa shape index (κ1) is 15.8. The van der Waals surface area contributed by atoms with Crippen LogP contribution in [-0.4, -0.2) is 8.32 Å². The highest BCUT2D eigenvalue weighted by Crippen LogP contribution is 2.45. The largest absolute Gasteiger partial charge is 0.546 e. The van der Waals surface area contributed by atoms with E-state index < -0.39 is 8.32 Å². The Morgan fingerprint density at radius 2 is 1.56 bits per heavy atom. The summed E-state index contributed by atoms with van der Waals surface area (Å²) in [5.74, 6) is 1.94. The van der Waals surface area contributed by atoms with E-state index in [0.717, 1.165) is 0 Å². The van der Waals surface area contributed by atoms with E-state index in [1.165, 1.54) is 25.0 Å². The number of hydrogen-bond donors (Lipinski definition) is 0. The third kappa shape index (κ3) is 3.01. The van der Waals surface area contributed by atoms with Crippen LogP contribution in [-0.2, 0) is 4.43 Å². The summed E-state index contributed by atoms with van der Waals surface area (Å²) < 4.78 is 6.78. The van der Waals surface area contributed by atoms with E-state index in [1.54, 1.807) is 0 Å². The van der Waals surface area contributed by atoms with Crippen molar-refractivity contribution in [2.75, 3.05) is 0 Å². The van der Waals surface area contributed by atoms with Crippen molar-refractivity contribution < 1.29 is 4.43 Å². The van der Waals surface area contributed by atoms with Crippen molar-refractivity contribution in [2.45, 2.75) is 84.4 Å². The van der Waals surface area contributed by atoms with Gasteiger partial charge in [0.05, 0.1) is 5.76 Å². The minimum absolute atomic E-state index is 0.627. The van der Waals surface area contributed by atoms with Gasteiger partial charge in [-0.15, -0.1) is 0 Å². The van der Waals surface area contributed by atoms with Crippen LogP contribution < -0.4 is 0 Å². The quantitative estimate of drug-likeness (QED) is 0.565. The van der Waals surface area contributed by atoms with Crippen LogP contribution in [0.3, 0.4) is 0 Å². The van der Waals surface area contributed by atoms with Gasteiger partial charge in [-0.05, 0) is 42.0 Å². The SMILES string of the molecule is CC1CCCC=C1O[Si](C(C)C)(C(C)C)C(C)C. The fraction of sp³-hybridized carbons (Fsp3) is 0.875. The summed E-state index contributed by atoms with van der Waals surface area (Å²) in [5.41, 5.74) is 2.02. The first-order valence-electron chi connectivity index (χ1n) is 7.71. The van der Waals surface area contributed by atoms with E-state index in [0.29, 0.717) is 22.5 Å². The molecule has 0 saturated heterocycles. The molecule has 0 aromatic rings. The predicted molar refractivity (Wildman–Crippen MR) is 83.2 cm³/mol. The van der Waals surface area contributed by atoms with Crippen molar-refractivity contribution in [3.63, 3.8) is 0 Å². The van der Waals surface area contributed by atoms with E-state index in [2.05, 4.69) is 54.5 Å². The van der Waals surface area contributed by atoms with Gasteiger partial charge in [0.25, 0.3) is 8.32 Å². The standard InChI is InChI=1S/C16H32OSi/c1-12(2)18(13(3)4,14(5)6)17-16-11-9-8-10-15(16)7/h11-15H,8-10H2,1-7H3. The summed E-state index contributed by atoms with van der Waals surface area (Å²) in [7, 11) is -1.73. The third-order valence-electron chi connectivity index (χ3n) is 4.67. The van der Waals surface area contributed by atoms with E-state index in [9.17, 15) is 0 Å². The second kappa shape index (κ2) is 6.27. The van der Waals surface area contributed by atoms with Crippen molar-refractivity contribution in [2.24, 2.45) is 5.92 Å². The van der Waals surface area contributed by atoms with Gasteiger partial charge in [0.2, 0.25) is 0 Å². The van der Waals surface area contributed by atoms with Crippen LogP contribution in [0.4, 0.5) is 0 Å². The molecule has 0 N–H and O–H groups in total. The summed E-state index contributed by atoms with van der Waals surface area (Å²) in [6.45, 7) is 16.5. The minimum Gasteiger partial charge on any atom is -0.546 e. The number of allylic oxidation sites excluding steroid dienone is 2. The molecule has 0 saturated carbocycles. The molecule has 0 heterocycles. The van der Waals surface area contributed by atoms with E-state index in [-0.39, 0.29) is 0 Å². The van der Waals surface area contributed by atoms with Gasteiger partial charge < -0.3 is 4.43 Å². The average molecular weight is 269 g/mol. The molecule has 0 bridgehead atoms. The molecule has 1 atom stereocenters. The molecule has 0 aromatic heterocycles. The Bertz CT molecular complexity index is 270. The molecule has 0 aromatic carbocycles. The molecule has 106 valence electrons. The van der Waals surface area contributed by atoms with Crippen LogP contribution in [0.1, 0.15) is 67.7 Å². The molecule has 1 unspecified atom stereocenters. The topological polar surface area (TPSA) is 9.23 Å². The Morgan fingerprint density at radius 3 is 1.94 bits per heavy atom. The molecule has 0 fully saturated rings. The molecule has 1 aliphatic rings. The molecule has 0 radical (unpaired) electrons. The zero-order valence-corrected chi connectivity index (χ0v) is 14.4. The number of hydrogen-bond acceptors (Lipinski definition) is 1. The summed E-state index contributed by atoms with van der Waals surface area (Å²) in [4.78, 5) is 0. The Kier molecular flexibility index (Phi) is 5.51. The van der Waals surface area contributed by atoms with Gasteiger partial charge in [-0.2, -0.15) is 0 Å². The van der Waals surface area contributed by atoms with Crippen LogP contribution in [0.5, 0.6) is 0 Å². The highest BCUT2D eigenvalue weighted by Gasteiger charge is 2.47. The average Bonchev–Trinajstić information content (AvgIpc) is 2.26. The summed E-state index contributed by atoms with van der Waals surface area (Å²) in [6, 6.07) is 0. The van der Waals surface area contributed by atoms with Crippen LogP contribution in [0.25, 0.3) is 0 Å². The summed E-state index contributed by atoms with van der Waals surface area (Å²) in [6.07, 6.45) is 6.19. The summed E-state index contributed by atoms with van der Waals surface area (Å²) >= 11 is 0. The fourth-order valence-electron chi connectivity index (χ4n) is 3.71. The Hall–Kier alpha value is -0.243. The molecule has 1 aliphatic carbocycles. The third-order valence-corrected chi connectivity index (χ3v) is 10.7. The predicted octanol–water partition coefficient (Wildman–Crippen LogP) is 5.88. The Labute approximate surface area is 115 Å². The van der Waals surface area contributed by atoms with Gasteiger partial charge >= 0.3 is 0 Å². The van der Waals surface area contributed by atoms with Gasteiger partial charge in [-0.3, -0.25) is 0 Å². The molecule has 1 rings (SSSR count). The Balaban J connectivity index is 3.01. The van der Waals surface area contributed by atoms with Gasteiger partial charge in [-0.1, -0.05) is 48.5 Å². The van der Waals surface area contributed by atoms with Gasteiger partial charge in [0, 0.05) is 5.92 Å². The van der Waals surface area contributed by atoms with Gasteiger partial charge in [-0.25, -0.2) is 0 Å². The van der Waals surface area contributed by atoms with E-state index in [4.69, 9.17) is 4.43 Å². The minimum atomic E-state index is -1.73. The molecular weight excluding hydrogens is 236 g/mol. The zero-order chi connectivity index (χ0) is 13.9. The monoisotopic (exact) mass is 268 g/mol. The van der Waals surface area contributed by atoms with Gasteiger partial charge in [0.1, 0.15) is 0 Å². The normalized spacial score (nSPS) is 21.7. The summed E-state index contributed by atoms with van der Waals surface area (Å²) in [5, 5.41) is 0. The molecule has 0 aliphatic heterocycles. The highest BCUT2D eigenvalue weighted by molar-refractivity contribution is 6.77. The number of rotatable bonds is 5. The van der Waals surface area contributed by atoms with Crippen molar-refractivity contribution in [3.05, 3.63) is 11.8 Å². The Morgan fingerprint density at radius 1 is 1.06 bits per heavy atom. The maximum Gasteiger partial charge on any atom is 0.258 e. The molecule has 0 amide bonds. The van der Waals surface area contributed by atoms with Crippen molar-refractivity contribution in [1.29, 1.82) is 0 Å². The van der Waals surface area contributed by atoms with Crippen LogP contribution in [0, 0.1) is 5.92 Å². The molecule has 18 heavy (non-hydrogen) atoms. The molecule has 0 spiro atoms. The lowest BCUT2D eigenvalue weighted by molar-refractivity contribution is 0.297. The second-order valence-corrected chi connectivity index (χ2v) is 12.2. The molecular formula is C16H32OSi. The maximum absolute atomic E-state index is 6.78. The van der Waals surface area contributed by atoms with E-state index >= 15 is 0 Å². The van der Waals surface area contributed by atoms with Crippen LogP contribution >= 0.6 is 0 Å². The first-order chi connectivity index (χ1) is 8.32. The maximum atomic E-state index is 6.78. The lowest BCUT2D eigenvalue weighted by Crippen LogP contribution is -2.48. The zero-order valence-electron chi connectivity index (χ0n) is 13.4. The highest BCUT2D eigenvalue weighted by atomic mass is 28.4. The van der Waals surface area contributed by atoms with Crippen molar-refractivity contribution in [3.8, 4) is 0 Å². The smallest absolute Gasteiger partial charge is 0.258 e. The van der Waals surface area contributed by atoms with Crippen molar-refractivity contribution >= 4 is 8.32 Å². The van der Waals surface area contributed by atoms with E-state index in [1.807, 2.05) is 0 Å². The van der Waals surface area contributed by atoms with Gasteiger partial charge in [0.15, 0.2) is 0 Å². The molecule has 1 nitrogen and oxygen atoms in total. The lowest BCUT2D eigenvalue weighted by Gasteiger charge is -2.44. The fourth-order valence-corrected chi connectivity index (χ4v) is 9.11. The van der Waals surface area contributed by atoms with Crippen LogP contribution in [0.2, 0.25) is 16.6 Å². The lowest BCUT2D eigenvalue weighted by atomic mass is 9.96. The molecule has 2 heteroatoms. The van der Waals surface area contributed by atoms with Crippen LogP contribution in [0.15, 0.2) is 11.8 Å². The first-order valence-corrected chi connectivity index (χ1v) is 9.85.